The summed E-state index contributed by atoms with van der Waals surface area (Å²) in [4.78, 5) is 12.0. The molecule has 1 aromatic rings. The van der Waals surface area contributed by atoms with Gasteiger partial charge in [-0.05, 0) is 71.1 Å². The van der Waals surface area contributed by atoms with E-state index in [0.717, 1.165) is 12.5 Å². The average molecular weight is 312 g/mol. The van der Waals surface area contributed by atoms with Gasteiger partial charge in [0.1, 0.15) is 5.82 Å². The second-order valence-corrected chi connectivity index (χ2v) is 6.30. The molecule has 4 heteroatoms. The minimum absolute atomic E-state index is 0.187. The molecule has 2 aliphatic carbocycles. The fourth-order valence-corrected chi connectivity index (χ4v) is 3.04. The molecule has 0 saturated heterocycles. The van der Waals surface area contributed by atoms with E-state index in [2.05, 4.69) is 21.2 Å². The third-order valence-electron chi connectivity index (χ3n) is 4.11. The number of carbonyl (C=O) groups excluding carboxylic acids is 1. The topological polar surface area (TPSA) is 29.1 Å². The molecule has 0 radical (unpaired) electrons. The summed E-state index contributed by atoms with van der Waals surface area (Å²) >= 11 is 3.28. The van der Waals surface area contributed by atoms with Crippen LogP contribution in [0.5, 0.6) is 0 Å². The lowest BCUT2D eigenvalue weighted by atomic mass is 10.0. The van der Waals surface area contributed by atoms with Gasteiger partial charge in [0.05, 0.1) is 5.56 Å². The van der Waals surface area contributed by atoms with Crippen molar-refractivity contribution in [2.24, 2.45) is 11.3 Å². The average Bonchev–Trinajstić information content (AvgIpc) is 3.21. The van der Waals surface area contributed by atoms with Crippen molar-refractivity contribution in [2.45, 2.75) is 25.7 Å². The van der Waals surface area contributed by atoms with Gasteiger partial charge in [0.2, 0.25) is 0 Å². The van der Waals surface area contributed by atoms with Crippen LogP contribution in [-0.4, -0.2) is 12.5 Å². The molecule has 96 valence electrons. The first-order valence-electron chi connectivity index (χ1n) is 6.34. The number of carbonyl (C=O) groups is 1. The van der Waals surface area contributed by atoms with Crippen molar-refractivity contribution < 1.29 is 9.18 Å². The Morgan fingerprint density at radius 3 is 2.78 bits per heavy atom. The van der Waals surface area contributed by atoms with Crippen molar-refractivity contribution in [2.75, 3.05) is 6.54 Å². The first-order chi connectivity index (χ1) is 8.61. The molecule has 3 rings (SSSR count). The van der Waals surface area contributed by atoms with E-state index in [4.69, 9.17) is 0 Å². The molecule has 2 fully saturated rings. The molecule has 2 saturated carbocycles. The van der Waals surface area contributed by atoms with Crippen molar-refractivity contribution >= 4 is 21.8 Å². The van der Waals surface area contributed by atoms with Gasteiger partial charge in [-0.3, -0.25) is 4.79 Å². The molecular formula is C14H15BrFNO. The van der Waals surface area contributed by atoms with Crippen LogP contribution < -0.4 is 5.32 Å². The minimum atomic E-state index is -0.383. The number of halogens is 2. The molecule has 2 nitrogen and oxygen atoms in total. The van der Waals surface area contributed by atoms with Crippen LogP contribution in [0.1, 0.15) is 36.0 Å². The summed E-state index contributed by atoms with van der Waals surface area (Å²) in [7, 11) is 0. The molecule has 1 amide bonds. The molecule has 0 heterocycles. The van der Waals surface area contributed by atoms with E-state index in [1.807, 2.05) is 0 Å². The van der Waals surface area contributed by atoms with Crippen molar-refractivity contribution in [3.63, 3.8) is 0 Å². The first kappa shape index (κ1) is 12.2. The van der Waals surface area contributed by atoms with Crippen LogP contribution in [0.25, 0.3) is 0 Å². The van der Waals surface area contributed by atoms with E-state index in [1.165, 1.54) is 37.8 Å². The highest BCUT2D eigenvalue weighted by atomic mass is 79.9. The van der Waals surface area contributed by atoms with Gasteiger partial charge >= 0.3 is 0 Å². The van der Waals surface area contributed by atoms with E-state index in [0.29, 0.717) is 15.5 Å². The molecule has 0 aliphatic heterocycles. The Bertz CT molecular complexity index is 495. The van der Waals surface area contributed by atoms with Crippen molar-refractivity contribution in [3.8, 4) is 0 Å². The predicted octanol–water partition coefficient (Wildman–Crippen LogP) is 3.51. The Morgan fingerprint density at radius 1 is 1.44 bits per heavy atom. The van der Waals surface area contributed by atoms with Gasteiger partial charge < -0.3 is 5.32 Å². The maximum atomic E-state index is 13.1. The fraction of sp³-hybridized carbons (Fsp3) is 0.500. The quantitative estimate of drug-likeness (QED) is 0.906. The highest BCUT2D eigenvalue weighted by molar-refractivity contribution is 9.10. The highest BCUT2D eigenvalue weighted by Gasteiger charge is 2.53. The van der Waals surface area contributed by atoms with Crippen molar-refractivity contribution in [1.29, 1.82) is 0 Å². The predicted molar refractivity (Wildman–Crippen MR) is 70.8 cm³/mol. The number of hydrogen-bond acceptors (Lipinski definition) is 1. The summed E-state index contributed by atoms with van der Waals surface area (Å²) < 4.78 is 13.8. The number of nitrogens with one attached hydrogen (secondary N) is 1. The van der Waals surface area contributed by atoms with Gasteiger partial charge in [-0.15, -0.1) is 0 Å². The van der Waals surface area contributed by atoms with Gasteiger partial charge in [-0.1, -0.05) is 0 Å². The largest absolute Gasteiger partial charge is 0.351 e. The number of amides is 1. The molecule has 0 atom stereocenters. The van der Waals surface area contributed by atoms with Crippen LogP contribution in [0.2, 0.25) is 0 Å². The lowest BCUT2D eigenvalue weighted by molar-refractivity contribution is 0.0941. The molecule has 0 unspecified atom stereocenters. The van der Waals surface area contributed by atoms with Crippen LogP contribution in [-0.2, 0) is 0 Å². The summed E-state index contributed by atoms with van der Waals surface area (Å²) in [6, 6.07) is 4.18. The molecule has 0 bridgehead atoms. The first-order valence-corrected chi connectivity index (χ1v) is 7.13. The molecule has 2 aliphatic rings. The molecule has 1 N–H and O–H groups in total. The highest BCUT2D eigenvalue weighted by Crippen LogP contribution is 2.60. The lowest BCUT2D eigenvalue weighted by Crippen LogP contribution is -2.31. The summed E-state index contributed by atoms with van der Waals surface area (Å²) in [5.41, 5.74) is 0.747. The summed E-state index contributed by atoms with van der Waals surface area (Å²) in [6.45, 7) is 0.736. The second kappa shape index (κ2) is 4.34. The Balaban J connectivity index is 1.65. The zero-order valence-electron chi connectivity index (χ0n) is 10.0. The van der Waals surface area contributed by atoms with Crippen LogP contribution in [0.4, 0.5) is 4.39 Å². The third-order valence-corrected chi connectivity index (χ3v) is 4.80. The van der Waals surface area contributed by atoms with E-state index >= 15 is 0 Å². The van der Waals surface area contributed by atoms with Crippen LogP contribution in [0.15, 0.2) is 22.7 Å². The zero-order chi connectivity index (χ0) is 12.8. The Morgan fingerprint density at radius 2 is 2.17 bits per heavy atom. The van der Waals surface area contributed by atoms with E-state index in [-0.39, 0.29) is 11.7 Å². The maximum Gasteiger partial charge on any atom is 0.252 e. The van der Waals surface area contributed by atoms with E-state index in [1.54, 1.807) is 6.07 Å². The molecule has 0 spiro atoms. The molecule has 0 aromatic heterocycles. The summed E-state index contributed by atoms with van der Waals surface area (Å²) in [5, 5.41) is 2.96. The normalized spacial score (nSPS) is 20.6. The third kappa shape index (κ3) is 2.30. The number of rotatable bonds is 4. The smallest absolute Gasteiger partial charge is 0.252 e. The Labute approximate surface area is 114 Å². The van der Waals surface area contributed by atoms with Gasteiger partial charge in [0.15, 0.2) is 0 Å². The maximum absolute atomic E-state index is 13.1. The van der Waals surface area contributed by atoms with Gasteiger partial charge in [0, 0.05) is 11.0 Å². The fourth-order valence-electron chi connectivity index (χ4n) is 2.61. The standard InChI is InChI=1S/C14H15BrFNO/c15-12-4-3-10(16)7-11(12)13(18)17-8-14(5-6-14)9-1-2-9/h3-4,7,9H,1-2,5-6,8H2,(H,17,18). The van der Waals surface area contributed by atoms with Crippen molar-refractivity contribution in [1.82, 2.24) is 5.32 Å². The monoisotopic (exact) mass is 311 g/mol. The second-order valence-electron chi connectivity index (χ2n) is 5.44. The molecule has 18 heavy (non-hydrogen) atoms. The van der Waals surface area contributed by atoms with Gasteiger partial charge in [0.25, 0.3) is 5.91 Å². The summed E-state index contributed by atoms with van der Waals surface area (Å²) in [6.07, 6.45) is 5.06. The summed E-state index contributed by atoms with van der Waals surface area (Å²) in [5.74, 6) is 0.244. The van der Waals surface area contributed by atoms with Gasteiger partial charge in [-0.2, -0.15) is 0 Å². The Hall–Kier alpha value is -0.900. The number of hydrogen-bond donors (Lipinski definition) is 1. The zero-order valence-corrected chi connectivity index (χ0v) is 11.6. The Kier molecular flexibility index (Phi) is 2.93. The lowest BCUT2D eigenvalue weighted by Gasteiger charge is -2.15. The van der Waals surface area contributed by atoms with E-state index in [9.17, 15) is 9.18 Å². The minimum Gasteiger partial charge on any atom is -0.351 e. The number of benzene rings is 1. The molecular weight excluding hydrogens is 297 g/mol. The van der Waals surface area contributed by atoms with Crippen molar-refractivity contribution in [3.05, 3.63) is 34.1 Å². The van der Waals surface area contributed by atoms with E-state index < -0.39 is 0 Å². The van der Waals surface area contributed by atoms with Crippen LogP contribution in [0, 0.1) is 17.2 Å². The SMILES string of the molecule is O=C(NCC1(C2CC2)CC1)c1cc(F)ccc1Br. The van der Waals surface area contributed by atoms with Crippen LogP contribution >= 0.6 is 15.9 Å². The van der Waals surface area contributed by atoms with Gasteiger partial charge in [-0.25, -0.2) is 4.39 Å². The van der Waals surface area contributed by atoms with Crippen LogP contribution in [0.3, 0.4) is 0 Å². The molecule has 1 aromatic carbocycles.